The normalized spacial score (nSPS) is 11.8. The number of rotatable bonds is 6. The van der Waals surface area contributed by atoms with Crippen LogP contribution < -0.4 is 20.3 Å². The summed E-state index contributed by atoms with van der Waals surface area (Å²) in [5.41, 5.74) is 0.474. The van der Waals surface area contributed by atoms with Crippen LogP contribution in [0.3, 0.4) is 0 Å². The maximum absolute atomic E-state index is 13.3. The molecule has 0 radical (unpaired) electrons. The van der Waals surface area contributed by atoms with E-state index in [1.807, 2.05) is 11.6 Å². The maximum atomic E-state index is 13.3. The van der Waals surface area contributed by atoms with E-state index in [9.17, 15) is 9.59 Å². The van der Waals surface area contributed by atoms with Gasteiger partial charge in [-0.05, 0) is 23.8 Å². The maximum Gasteiger partial charge on any atom is 0.273 e. The Labute approximate surface area is 177 Å². The van der Waals surface area contributed by atoms with Crippen molar-refractivity contribution in [3.05, 3.63) is 82.3 Å². The standard InChI is InChI=1S/C22H21N5O4/c1-27-9-8-23-20(27)18(13-10-14(30-2)12-15(11-13)31-3)24-22(29)19-16-6-4-5-7-17(16)21(28)26-25-19/h4-12,18H,1-3H3,(H,24,29)(H,26,28)/t18-/m0/s1. The lowest BCUT2D eigenvalue weighted by Crippen LogP contribution is -2.32. The van der Waals surface area contributed by atoms with E-state index in [0.29, 0.717) is 33.7 Å². The third-order valence-electron chi connectivity index (χ3n) is 5.01. The summed E-state index contributed by atoms with van der Waals surface area (Å²) in [4.78, 5) is 29.8. The highest BCUT2D eigenvalue weighted by molar-refractivity contribution is 6.04. The van der Waals surface area contributed by atoms with Gasteiger partial charge in [-0.25, -0.2) is 10.1 Å². The fourth-order valence-corrected chi connectivity index (χ4v) is 3.44. The fourth-order valence-electron chi connectivity index (χ4n) is 3.44. The number of hydrogen-bond donors (Lipinski definition) is 2. The van der Waals surface area contributed by atoms with Crippen molar-refractivity contribution < 1.29 is 14.3 Å². The number of hydrogen-bond acceptors (Lipinski definition) is 6. The molecule has 0 aliphatic carbocycles. The highest BCUT2D eigenvalue weighted by atomic mass is 16.5. The molecule has 0 aliphatic rings. The first-order chi connectivity index (χ1) is 15.0. The van der Waals surface area contributed by atoms with E-state index in [0.717, 1.165) is 0 Å². The molecule has 2 heterocycles. The first-order valence-corrected chi connectivity index (χ1v) is 9.50. The second-order valence-electron chi connectivity index (χ2n) is 6.90. The average molecular weight is 419 g/mol. The molecule has 158 valence electrons. The highest BCUT2D eigenvalue weighted by Crippen LogP contribution is 2.30. The number of imidazole rings is 1. The van der Waals surface area contributed by atoms with E-state index in [4.69, 9.17) is 9.47 Å². The summed E-state index contributed by atoms with van der Waals surface area (Å²) >= 11 is 0. The van der Waals surface area contributed by atoms with E-state index in [1.54, 1.807) is 69.1 Å². The molecule has 0 unspecified atom stereocenters. The van der Waals surface area contributed by atoms with Crippen molar-refractivity contribution in [2.24, 2.45) is 7.05 Å². The zero-order valence-electron chi connectivity index (χ0n) is 17.2. The van der Waals surface area contributed by atoms with Crippen LogP contribution in [0.5, 0.6) is 11.5 Å². The molecule has 0 saturated heterocycles. The van der Waals surface area contributed by atoms with Gasteiger partial charge in [-0.2, -0.15) is 5.10 Å². The Morgan fingerprint density at radius 1 is 1.10 bits per heavy atom. The summed E-state index contributed by atoms with van der Waals surface area (Å²) in [5.74, 6) is 1.31. The fraction of sp³-hybridized carbons (Fsp3) is 0.182. The number of carbonyl (C=O) groups excluding carboxylic acids is 1. The third-order valence-corrected chi connectivity index (χ3v) is 5.01. The second kappa shape index (κ2) is 8.31. The highest BCUT2D eigenvalue weighted by Gasteiger charge is 2.25. The topological polar surface area (TPSA) is 111 Å². The third kappa shape index (κ3) is 3.85. The number of amides is 1. The largest absolute Gasteiger partial charge is 0.497 e. The van der Waals surface area contributed by atoms with Gasteiger partial charge >= 0.3 is 0 Å². The van der Waals surface area contributed by atoms with Crippen LogP contribution in [-0.4, -0.2) is 39.9 Å². The first kappa shape index (κ1) is 20.1. The molecule has 2 aromatic heterocycles. The van der Waals surface area contributed by atoms with Crippen molar-refractivity contribution in [2.75, 3.05) is 14.2 Å². The van der Waals surface area contributed by atoms with Crippen molar-refractivity contribution in [3.8, 4) is 11.5 Å². The summed E-state index contributed by atoms with van der Waals surface area (Å²) in [7, 11) is 4.96. The van der Waals surface area contributed by atoms with Gasteiger partial charge in [0.05, 0.1) is 19.6 Å². The van der Waals surface area contributed by atoms with Gasteiger partial charge in [0.2, 0.25) is 0 Å². The Balaban J connectivity index is 1.80. The van der Waals surface area contributed by atoms with Crippen LogP contribution in [0, 0.1) is 0 Å². The number of ether oxygens (including phenoxy) is 2. The van der Waals surface area contributed by atoms with E-state index in [-0.39, 0.29) is 11.3 Å². The minimum Gasteiger partial charge on any atom is -0.497 e. The van der Waals surface area contributed by atoms with Gasteiger partial charge in [-0.3, -0.25) is 9.59 Å². The van der Waals surface area contributed by atoms with Crippen molar-refractivity contribution in [1.29, 1.82) is 0 Å². The van der Waals surface area contributed by atoms with Crippen molar-refractivity contribution in [3.63, 3.8) is 0 Å². The van der Waals surface area contributed by atoms with Gasteiger partial charge in [0.25, 0.3) is 11.5 Å². The first-order valence-electron chi connectivity index (χ1n) is 9.50. The zero-order chi connectivity index (χ0) is 22.0. The lowest BCUT2D eigenvalue weighted by atomic mass is 10.0. The number of carbonyl (C=O) groups is 1. The number of nitrogens with zero attached hydrogens (tertiary/aromatic N) is 3. The van der Waals surface area contributed by atoms with E-state index in [1.165, 1.54) is 0 Å². The number of aromatic nitrogens is 4. The predicted octanol–water partition coefficient (Wildman–Crippen LogP) is 2.19. The molecular formula is C22H21N5O4. The molecule has 0 bridgehead atoms. The molecule has 0 spiro atoms. The summed E-state index contributed by atoms with van der Waals surface area (Å²) < 4.78 is 12.6. The van der Waals surface area contributed by atoms with E-state index >= 15 is 0 Å². The summed E-state index contributed by atoms with van der Waals surface area (Å²) in [6, 6.07) is 11.6. The van der Waals surface area contributed by atoms with Crippen LogP contribution in [0.25, 0.3) is 10.8 Å². The summed E-state index contributed by atoms with van der Waals surface area (Å²) in [6.07, 6.45) is 3.44. The number of benzene rings is 2. The Kier molecular flexibility index (Phi) is 5.40. The monoisotopic (exact) mass is 419 g/mol. The number of fused-ring (bicyclic) bond motifs is 1. The van der Waals surface area contributed by atoms with Crippen LogP contribution in [0.15, 0.2) is 59.7 Å². The van der Waals surface area contributed by atoms with Crippen LogP contribution in [-0.2, 0) is 7.05 Å². The number of H-pyrrole nitrogens is 1. The molecule has 2 aromatic carbocycles. The molecule has 0 saturated carbocycles. The molecule has 31 heavy (non-hydrogen) atoms. The molecule has 9 heteroatoms. The van der Waals surface area contributed by atoms with Gasteiger partial charge in [-0.1, -0.05) is 18.2 Å². The van der Waals surface area contributed by atoms with Crippen molar-refractivity contribution >= 4 is 16.7 Å². The van der Waals surface area contributed by atoms with Gasteiger partial charge in [0.1, 0.15) is 23.4 Å². The number of aromatic amines is 1. The molecule has 4 rings (SSSR count). The molecular weight excluding hydrogens is 398 g/mol. The van der Waals surface area contributed by atoms with Crippen LogP contribution in [0.2, 0.25) is 0 Å². The van der Waals surface area contributed by atoms with Crippen LogP contribution in [0.1, 0.15) is 27.9 Å². The SMILES string of the molecule is COc1cc(OC)cc([C@H](NC(=O)c2n[nH]c(=O)c3ccccc23)c2nccn2C)c1. The van der Waals surface area contributed by atoms with Gasteiger partial charge in [-0.15, -0.1) is 0 Å². The summed E-state index contributed by atoms with van der Waals surface area (Å²) in [5, 5.41) is 10.2. The van der Waals surface area contributed by atoms with E-state index < -0.39 is 11.9 Å². The Morgan fingerprint density at radius 3 is 2.39 bits per heavy atom. The molecule has 1 amide bonds. The molecule has 9 nitrogen and oxygen atoms in total. The van der Waals surface area contributed by atoms with Crippen LogP contribution in [0.4, 0.5) is 0 Å². The minimum atomic E-state index is -0.621. The zero-order valence-corrected chi connectivity index (χ0v) is 17.2. The summed E-state index contributed by atoms with van der Waals surface area (Å²) in [6.45, 7) is 0. The average Bonchev–Trinajstić information content (AvgIpc) is 3.22. The van der Waals surface area contributed by atoms with Gasteiger partial charge < -0.3 is 19.4 Å². The Morgan fingerprint density at radius 2 is 1.77 bits per heavy atom. The number of methoxy groups -OCH3 is 2. The quantitative estimate of drug-likeness (QED) is 0.496. The molecule has 4 aromatic rings. The van der Waals surface area contributed by atoms with Crippen molar-refractivity contribution in [2.45, 2.75) is 6.04 Å². The lowest BCUT2D eigenvalue weighted by molar-refractivity contribution is 0.0937. The number of aryl methyl sites for hydroxylation is 1. The van der Waals surface area contributed by atoms with Gasteiger partial charge in [0.15, 0.2) is 5.69 Å². The van der Waals surface area contributed by atoms with E-state index in [2.05, 4.69) is 20.5 Å². The Bertz CT molecular complexity index is 1290. The van der Waals surface area contributed by atoms with Crippen LogP contribution >= 0.6 is 0 Å². The minimum absolute atomic E-state index is 0.115. The molecule has 0 fully saturated rings. The predicted molar refractivity (Wildman–Crippen MR) is 114 cm³/mol. The molecule has 1 atom stereocenters. The van der Waals surface area contributed by atoms with Gasteiger partial charge in [0, 0.05) is 30.9 Å². The Hall–Kier alpha value is -4.14. The smallest absolute Gasteiger partial charge is 0.273 e. The van der Waals surface area contributed by atoms with Crippen molar-refractivity contribution in [1.82, 2.24) is 25.1 Å². The number of nitrogens with one attached hydrogen (secondary N) is 2. The lowest BCUT2D eigenvalue weighted by Gasteiger charge is -2.20. The molecule has 2 N–H and O–H groups in total. The molecule has 0 aliphatic heterocycles. The second-order valence-corrected chi connectivity index (χ2v) is 6.90.